The molecule has 31 heavy (non-hydrogen) atoms. The van der Waals surface area contributed by atoms with Crippen LogP contribution in [0.2, 0.25) is 0 Å². The molecule has 0 aromatic rings. The van der Waals surface area contributed by atoms with Gasteiger partial charge in [-0.25, -0.2) is 17.5 Å². The van der Waals surface area contributed by atoms with E-state index in [2.05, 4.69) is 27.9 Å². The van der Waals surface area contributed by atoms with E-state index in [9.17, 15) is 23.3 Å². The zero-order valence-corrected chi connectivity index (χ0v) is 18.9. The van der Waals surface area contributed by atoms with Gasteiger partial charge in [-0.05, 0) is 39.3 Å². The molecule has 0 aromatic heterocycles. The first-order valence-corrected chi connectivity index (χ1v) is 12.0. The molecule has 3 heterocycles. The molecule has 0 bridgehead atoms. The number of carbonyl (C=O) groups excluding carboxylic acids is 2. The normalized spacial score (nSPS) is 36.3. The molecule has 11 heteroatoms. The van der Waals surface area contributed by atoms with Gasteiger partial charge in [0.15, 0.2) is 0 Å². The van der Waals surface area contributed by atoms with Gasteiger partial charge in [0, 0.05) is 18.5 Å². The number of terminal acetylenes is 1. The zero-order chi connectivity index (χ0) is 22.9. The van der Waals surface area contributed by atoms with Gasteiger partial charge < -0.3 is 16.0 Å². The van der Waals surface area contributed by atoms with Crippen molar-refractivity contribution >= 4 is 22.0 Å². The number of likely N-dealkylation sites (tertiary alicyclic amines) is 1. The predicted octanol–water partition coefficient (Wildman–Crippen LogP) is -0.942. The Bertz CT molecular complexity index is 910. The molecule has 7 atom stereocenters. The van der Waals surface area contributed by atoms with Crippen LogP contribution in [0, 0.1) is 35.5 Å². The number of nitrogens with zero attached hydrogens (tertiary/aromatic N) is 3. The molecular formula is C20H30N6O4S. The average Bonchev–Trinajstić information content (AvgIpc) is 2.70. The van der Waals surface area contributed by atoms with E-state index in [1.807, 2.05) is 18.9 Å². The topological polar surface area (TPSA) is 135 Å². The summed E-state index contributed by atoms with van der Waals surface area (Å²) < 4.78 is 26.8. The first kappa shape index (κ1) is 23.3. The van der Waals surface area contributed by atoms with Crippen molar-refractivity contribution in [1.82, 2.24) is 25.2 Å². The molecule has 0 saturated carbocycles. The Labute approximate surface area is 183 Å². The maximum atomic E-state index is 13.1. The number of nitrogens with one attached hydrogen (secondary N) is 3. The lowest BCUT2D eigenvalue weighted by Crippen LogP contribution is -2.70. The lowest BCUT2D eigenvalue weighted by molar-refractivity contribution is -0.122. The lowest BCUT2D eigenvalue weighted by atomic mass is 9.79. The smallest absolute Gasteiger partial charge is 0.331 e. The van der Waals surface area contributed by atoms with Crippen LogP contribution in [0.1, 0.15) is 26.7 Å². The van der Waals surface area contributed by atoms with Crippen molar-refractivity contribution in [1.29, 1.82) is 5.26 Å². The molecule has 0 radical (unpaired) electrons. The van der Waals surface area contributed by atoms with Gasteiger partial charge in [0.1, 0.15) is 11.8 Å². The first-order valence-electron chi connectivity index (χ1n) is 10.5. The van der Waals surface area contributed by atoms with E-state index >= 15 is 0 Å². The highest BCUT2D eigenvalue weighted by Crippen LogP contribution is 2.29. The van der Waals surface area contributed by atoms with Gasteiger partial charge in [-0.3, -0.25) is 9.69 Å². The Morgan fingerprint density at radius 2 is 2.13 bits per heavy atom. The van der Waals surface area contributed by atoms with Crippen LogP contribution >= 0.6 is 0 Å². The molecule has 170 valence electrons. The Kier molecular flexibility index (Phi) is 6.79. The van der Waals surface area contributed by atoms with Crippen molar-refractivity contribution in [3.8, 4) is 18.4 Å². The number of urea groups is 1. The van der Waals surface area contributed by atoms with Gasteiger partial charge in [0.2, 0.25) is 15.9 Å². The Morgan fingerprint density at radius 1 is 1.42 bits per heavy atom. The van der Waals surface area contributed by atoms with Gasteiger partial charge in [-0.15, -0.1) is 6.42 Å². The van der Waals surface area contributed by atoms with E-state index in [0.29, 0.717) is 30.2 Å². The molecule has 3 aliphatic rings. The quantitative estimate of drug-likeness (QED) is 0.471. The van der Waals surface area contributed by atoms with E-state index in [0.717, 1.165) is 0 Å². The molecule has 0 spiro atoms. The number of sulfonamides is 1. The Balaban J connectivity index is 1.70. The number of fused-ring (bicyclic) bond motifs is 1. The number of hydrogen-bond acceptors (Lipinski definition) is 7. The van der Waals surface area contributed by atoms with Crippen molar-refractivity contribution in [2.75, 3.05) is 26.7 Å². The summed E-state index contributed by atoms with van der Waals surface area (Å²) in [5, 5.41) is 17.0. The fraction of sp³-hybridized carbons (Fsp3) is 0.750. The molecule has 3 fully saturated rings. The molecule has 3 N–H and O–H groups in total. The minimum Gasteiger partial charge on any atom is -0.341 e. The average molecular weight is 451 g/mol. The van der Waals surface area contributed by atoms with Crippen LogP contribution in [-0.4, -0.2) is 85.7 Å². The summed E-state index contributed by atoms with van der Waals surface area (Å²) in [6, 6.07) is -0.190. The summed E-state index contributed by atoms with van der Waals surface area (Å²) in [6.45, 7) is 4.26. The Hall–Kier alpha value is -2.34. The highest BCUT2D eigenvalue weighted by atomic mass is 32.2. The molecule has 0 aliphatic carbocycles. The Morgan fingerprint density at radius 3 is 2.77 bits per heavy atom. The highest BCUT2D eigenvalue weighted by Gasteiger charge is 2.50. The summed E-state index contributed by atoms with van der Waals surface area (Å²) in [5.41, 5.74) is 0. The monoisotopic (exact) mass is 450 g/mol. The highest BCUT2D eigenvalue weighted by molar-refractivity contribution is 7.90. The van der Waals surface area contributed by atoms with Crippen LogP contribution in [0.25, 0.3) is 0 Å². The van der Waals surface area contributed by atoms with Crippen LogP contribution in [0.3, 0.4) is 0 Å². The van der Waals surface area contributed by atoms with Gasteiger partial charge in [-0.1, -0.05) is 12.8 Å². The number of rotatable bonds is 4. The lowest BCUT2D eigenvalue weighted by Gasteiger charge is -2.44. The van der Waals surface area contributed by atoms with Gasteiger partial charge >= 0.3 is 6.03 Å². The van der Waals surface area contributed by atoms with Crippen LogP contribution in [0.15, 0.2) is 0 Å². The van der Waals surface area contributed by atoms with Gasteiger partial charge in [-0.2, -0.15) is 5.26 Å². The number of amides is 3. The van der Waals surface area contributed by atoms with Crippen LogP contribution in [-0.2, 0) is 14.8 Å². The second-order valence-corrected chi connectivity index (χ2v) is 10.8. The standard InChI is InChI=1S/C20H30N6O4S/c1-5-16(15-10-25(4)14(9-21)8-12(15)2)23-18(27)11-26-20(28)24-17-6-7-22-13(3)19(17)31(26,29)30/h1,12-17,19,22H,6-8,10-11H2,2-4H3,(H,23,27)(H,24,28)/t12?,13?,14?,15?,16-,17?,19?/m0/s1. The van der Waals surface area contributed by atoms with E-state index in [1.54, 1.807) is 6.92 Å². The summed E-state index contributed by atoms with van der Waals surface area (Å²) in [7, 11) is -2.18. The minimum absolute atomic E-state index is 0.0951. The summed E-state index contributed by atoms with van der Waals surface area (Å²) >= 11 is 0. The van der Waals surface area contributed by atoms with Crippen molar-refractivity contribution in [3.05, 3.63) is 0 Å². The minimum atomic E-state index is -4.01. The van der Waals surface area contributed by atoms with Crippen molar-refractivity contribution in [3.63, 3.8) is 0 Å². The zero-order valence-electron chi connectivity index (χ0n) is 18.0. The molecule has 3 amide bonds. The van der Waals surface area contributed by atoms with Crippen molar-refractivity contribution in [2.24, 2.45) is 11.8 Å². The first-order chi connectivity index (χ1) is 14.6. The van der Waals surface area contributed by atoms with Crippen LogP contribution < -0.4 is 16.0 Å². The molecule has 3 aliphatic heterocycles. The maximum Gasteiger partial charge on any atom is 0.331 e. The van der Waals surface area contributed by atoms with Crippen LogP contribution in [0.4, 0.5) is 4.79 Å². The largest absolute Gasteiger partial charge is 0.341 e. The van der Waals surface area contributed by atoms with Gasteiger partial charge in [0.25, 0.3) is 0 Å². The second kappa shape index (κ2) is 9.03. The van der Waals surface area contributed by atoms with Crippen LogP contribution in [0.5, 0.6) is 0 Å². The van der Waals surface area contributed by atoms with Crippen molar-refractivity contribution in [2.45, 2.75) is 56.1 Å². The van der Waals surface area contributed by atoms with E-state index < -0.39 is 45.8 Å². The van der Waals surface area contributed by atoms with Gasteiger partial charge in [0.05, 0.1) is 24.2 Å². The summed E-state index contributed by atoms with van der Waals surface area (Å²) in [4.78, 5) is 27.1. The SMILES string of the molecule is C#C[C@H](NC(=O)CN1C(=O)NC2CCNC(C)C2S1(=O)=O)C1CN(C)C(C#N)CC1C. The molecule has 6 unspecified atom stereocenters. The fourth-order valence-electron chi connectivity index (χ4n) is 4.92. The molecule has 0 aromatic carbocycles. The molecular weight excluding hydrogens is 420 g/mol. The van der Waals surface area contributed by atoms with Crippen molar-refractivity contribution < 1.29 is 18.0 Å². The predicted molar refractivity (Wildman–Crippen MR) is 114 cm³/mol. The molecule has 3 rings (SSSR count). The summed E-state index contributed by atoms with van der Waals surface area (Å²) in [6.07, 6.45) is 6.82. The second-order valence-electron chi connectivity index (χ2n) is 8.78. The number of carbonyl (C=O) groups is 2. The molecule has 10 nitrogen and oxygen atoms in total. The summed E-state index contributed by atoms with van der Waals surface area (Å²) in [5.74, 6) is 1.96. The fourth-order valence-corrected chi connectivity index (χ4v) is 7.03. The molecule has 3 saturated heterocycles. The third-order valence-electron chi connectivity index (χ3n) is 6.71. The third-order valence-corrected chi connectivity index (χ3v) is 9.05. The van der Waals surface area contributed by atoms with E-state index in [4.69, 9.17) is 6.42 Å². The van der Waals surface area contributed by atoms with E-state index in [1.165, 1.54) is 0 Å². The maximum absolute atomic E-state index is 13.1. The third kappa shape index (κ3) is 4.49. The number of hydrogen-bond donors (Lipinski definition) is 3. The van der Waals surface area contributed by atoms with E-state index in [-0.39, 0.29) is 23.9 Å². The number of piperidine rings is 2. The number of nitriles is 1.